The molecule has 23 heavy (non-hydrogen) atoms. The van der Waals surface area contributed by atoms with E-state index in [0.29, 0.717) is 11.2 Å². The molecule has 0 radical (unpaired) electrons. The molecule has 3 rings (SSSR count). The fraction of sp³-hybridized carbons (Fsp3) is 0.500. The van der Waals surface area contributed by atoms with Crippen LogP contribution in [0.1, 0.15) is 6.23 Å². The number of phosphoric acid groups is 1. The predicted octanol–water partition coefficient (Wildman–Crippen LogP) is -1.41. The number of fused-ring (bicyclic) bond motifs is 1. The van der Waals surface area contributed by atoms with Crippen molar-refractivity contribution in [3.05, 3.63) is 17.3 Å². The van der Waals surface area contributed by atoms with Crippen LogP contribution in [-0.2, 0) is 13.8 Å². The summed E-state index contributed by atoms with van der Waals surface area (Å²) in [5.74, 6) is 0. The molecule has 1 aliphatic heterocycles. The van der Waals surface area contributed by atoms with Crippen LogP contribution in [0.4, 0.5) is 0 Å². The van der Waals surface area contributed by atoms with Crippen molar-refractivity contribution in [3.63, 3.8) is 0 Å². The largest absolute Gasteiger partial charge is 0.756 e. The Kier molecular flexibility index (Phi) is 4.33. The third kappa shape index (κ3) is 3.20. The van der Waals surface area contributed by atoms with E-state index in [-0.39, 0.29) is 4.64 Å². The number of nitrogens with one attached hydrogen (secondary N) is 1. The molecule has 0 saturated carbocycles. The third-order valence-electron chi connectivity index (χ3n) is 3.39. The molecule has 5 atom stereocenters. The minimum Gasteiger partial charge on any atom is -0.756 e. The quantitative estimate of drug-likeness (QED) is 0.374. The van der Waals surface area contributed by atoms with Crippen molar-refractivity contribution < 1.29 is 33.8 Å². The van der Waals surface area contributed by atoms with Crippen molar-refractivity contribution in [1.29, 1.82) is 0 Å². The van der Waals surface area contributed by atoms with Gasteiger partial charge < -0.3 is 34.2 Å². The van der Waals surface area contributed by atoms with Crippen molar-refractivity contribution in [2.75, 3.05) is 6.61 Å². The smallest absolute Gasteiger partial charge is 0.265 e. The Labute approximate surface area is 133 Å². The zero-order chi connectivity index (χ0) is 16.8. The molecule has 1 fully saturated rings. The Balaban J connectivity index is 1.87. The molecule has 5 unspecified atom stereocenters. The van der Waals surface area contributed by atoms with Crippen LogP contribution in [0.5, 0.6) is 0 Å². The van der Waals surface area contributed by atoms with Gasteiger partial charge in [0.05, 0.1) is 19.3 Å². The summed E-state index contributed by atoms with van der Waals surface area (Å²) < 4.78 is 21.9. The van der Waals surface area contributed by atoms with Gasteiger partial charge in [0.15, 0.2) is 10.9 Å². The highest BCUT2D eigenvalue weighted by Gasteiger charge is 2.44. The Morgan fingerprint density at radius 2 is 2.22 bits per heavy atom. The van der Waals surface area contributed by atoms with Crippen molar-refractivity contribution in [2.45, 2.75) is 24.5 Å². The van der Waals surface area contributed by atoms with Crippen molar-refractivity contribution in [1.82, 2.24) is 19.5 Å². The lowest BCUT2D eigenvalue weighted by Gasteiger charge is -2.20. The lowest BCUT2D eigenvalue weighted by atomic mass is 10.1. The second kappa shape index (κ2) is 6.00. The van der Waals surface area contributed by atoms with Gasteiger partial charge in [0.1, 0.15) is 29.5 Å². The summed E-state index contributed by atoms with van der Waals surface area (Å²) in [5.41, 5.74) is 0.798. The Bertz CT molecular complexity index is 819. The van der Waals surface area contributed by atoms with Crippen LogP contribution < -0.4 is 4.89 Å². The summed E-state index contributed by atoms with van der Waals surface area (Å²) >= 11 is 5.03. The van der Waals surface area contributed by atoms with Gasteiger partial charge in [-0.15, -0.1) is 0 Å². The number of nitrogens with zero attached hydrogens (tertiary/aromatic N) is 3. The monoisotopic (exact) mass is 363 g/mol. The van der Waals surface area contributed by atoms with Gasteiger partial charge in [0, 0.05) is 0 Å². The van der Waals surface area contributed by atoms with Gasteiger partial charge in [0.25, 0.3) is 7.82 Å². The molecule has 0 aromatic carbocycles. The fourth-order valence-corrected chi connectivity index (χ4v) is 2.87. The maximum atomic E-state index is 10.6. The van der Waals surface area contributed by atoms with Crippen LogP contribution in [0, 0.1) is 4.64 Å². The van der Waals surface area contributed by atoms with Gasteiger partial charge in [-0.05, 0) is 0 Å². The SMILES string of the molecule is O=P([O-])(O)OCC1OC(n2cnc3c(=S)nc[nH]c32)C(O)C1O. The van der Waals surface area contributed by atoms with E-state index >= 15 is 0 Å². The normalized spacial score (nSPS) is 30.6. The van der Waals surface area contributed by atoms with Crippen LogP contribution in [-0.4, -0.2) is 59.5 Å². The average molecular weight is 363 g/mol. The molecule has 4 N–H and O–H groups in total. The van der Waals surface area contributed by atoms with E-state index in [2.05, 4.69) is 19.5 Å². The highest BCUT2D eigenvalue weighted by molar-refractivity contribution is 7.71. The Hall–Kier alpha value is -1.24. The fourth-order valence-electron chi connectivity index (χ4n) is 2.33. The van der Waals surface area contributed by atoms with E-state index in [1.165, 1.54) is 17.2 Å². The van der Waals surface area contributed by atoms with Crippen molar-refractivity contribution in [3.8, 4) is 0 Å². The molecule has 0 spiro atoms. The summed E-state index contributed by atoms with van der Waals surface area (Å²) in [4.78, 5) is 29.9. The van der Waals surface area contributed by atoms with Crippen LogP contribution in [0.15, 0.2) is 12.7 Å². The number of rotatable bonds is 4. The average Bonchev–Trinajstić information content (AvgIpc) is 3.01. The van der Waals surface area contributed by atoms with E-state index in [0.717, 1.165) is 0 Å². The van der Waals surface area contributed by atoms with Crippen molar-refractivity contribution >= 4 is 31.2 Å². The van der Waals surface area contributed by atoms with Crippen molar-refractivity contribution in [2.24, 2.45) is 0 Å². The van der Waals surface area contributed by atoms with Crippen LogP contribution >= 0.6 is 20.0 Å². The number of aliphatic hydroxyl groups excluding tert-OH is 2. The van der Waals surface area contributed by atoms with Gasteiger partial charge in [0.2, 0.25) is 0 Å². The van der Waals surface area contributed by atoms with Crippen LogP contribution in [0.3, 0.4) is 0 Å². The zero-order valence-electron chi connectivity index (χ0n) is 11.3. The maximum absolute atomic E-state index is 10.6. The second-order valence-electron chi connectivity index (χ2n) is 4.87. The molecule has 13 heteroatoms. The number of ether oxygens (including phenoxy) is 1. The van der Waals surface area contributed by atoms with Gasteiger partial charge in [-0.1, -0.05) is 12.2 Å². The van der Waals surface area contributed by atoms with Crippen LogP contribution in [0.2, 0.25) is 0 Å². The first kappa shape index (κ1) is 16.6. The molecule has 0 aliphatic carbocycles. The Morgan fingerprint density at radius 3 is 2.91 bits per heavy atom. The number of phosphoric ester groups is 1. The molecule has 1 saturated heterocycles. The highest BCUT2D eigenvalue weighted by atomic mass is 32.1. The first-order valence-electron chi connectivity index (χ1n) is 6.38. The molecular weight excluding hydrogens is 351 g/mol. The van der Waals surface area contributed by atoms with E-state index in [4.69, 9.17) is 21.8 Å². The molecule has 0 bridgehead atoms. The molecule has 126 valence electrons. The summed E-state index contributed by atoms with van der Waals surface area (Å²) in [5, 5.41) is 20.1. The number of hydrogen-bond acceptors (Lipinski definition) is 9. The maximum Gasteiger partial charge on any atom is 0.265 e. The summed E-state index contributed by atoms with van der Waals surface area (Å²) in [6.45, 7) is -0.643. The summed E-state index contributed by atoms with van der Waals surface area (Å²) in [6.07, 6.45) is -2.32. The first-order chi connectivity index (χ1) is 10.8. The molecule has 2 aromatic heterocycles. The standard InChI is InChI=1S/C10H13N4O7PS/c15-6-4(1-20-22(17,18)19)21-10(7(6)16)14-3-13-5-8(14)11-2-12-9(5)23/h2-4,6-7,10,15-16H,1H2,(H,11,12,23)(H2,17,18,19)/p-1. The lowest BCUT2D eigenvalue weighted by molar-refractivity contribution is -0.222. The number of imidazole rings is 1. The summed E-state index contributed by atoms with van der Waals surface area (Å²) in [6, 6.07) is 0. The lowest BCUT2D eigenvalue weighted by Crippen LogP contribution is -2.34. The van der Waals surface area contributed by atoms with E-state index in [1.54, 1.807) is 0 Å². The molecule has 2 aromatic rings. The topological polar surface area (TPSA) is 166 Å². The van der Waals surface area contributed by atoms with E-state index in [1.807, 2.05) is 0 Å². The van der Waals surface area contributed by atoms with Gasteiger partial charge >= 0.3 is 0 Å². The highest BCUT2D eigenvalue weighted by Crippen LogP contribution is 2.35. The van der Waals surface area contributed by atoms with E-state index < -0.39 is 39.0 Å². The zero-order valence-corrected chi connectivity index (χ0v) is 13.1. The summed E-state index contributed by atoms with van der Waals surface area (Å²) in [7, 11) is -4.96. The first-order valence-corrected chi connectivity index (χ1v) is 8.28. The minimum absolute atomic E-state index is 0.248. The molecule has 0 amide bonds. The van der Waals surface area contributed by atoms with E-state index in [9.17, 15) is 19.7 Å². The number of hydrogen-bond donors (Lipinski definition) is 4. The number of aromatic amines is 1. The van der Waals surface area contributed by atoms with Gasteiger partial charge in [-0.3, -0.25) is 9.13 Å². The molecule has 11 nitrogen and oxygen atoms in total. The molecule has 3 heterocycles. The third-order valence-corrected chi connectivity index (χ3v) is 4.17. The number of H-pyrrole nitrogens is 1. The minimum atomic E-state index is -4.96. The number of aliphatic hydroxyl groups is 2. The van der Waals surface area contributed by atoms with Gasteiger partial charge in [-0.2, -0.15) is 0 Å². The predicted molar refractivity (Wildman–Crippen MR) is 74.4 cm³/mol. The number of aromatic nitrogens is 4. The molecule has 1 aliphatic rings. The second-order valence-corrected chi connectivity index (χ2v) is 6.45. The molecular formula is C10H12N4O7PS-. The van der Waals surface area contributed by atoms with Crippen LogP contribution in [0.25, 0.3) is 11.2 Å². The Morgan fingerprint density at radius 1 is 1.48 bits per heavy atom. The van der Waals surface area contributed by atoms with Gasteiger partial charge in [-0.25, -0.2) is 9.97 Å².